The highest BCUT2D eigenvalue weighted by molar-refractivity contribution is 7.98. The summed E-state index contributed by atoms with van der Waals surface area (Å²) in [6, 6.07) is 7.96. The molecule has 1 fully saturated rings. The van der Waals surface area contributed by atoms with Gasteiger partial charge in [-0.15, -0.1) is 11.8 Å². The minimum atomic E-state index is 0.00996. The lowest BCUT2D eigenvalue weighted by Gasteiger charge is -2.34. The molecule has 0 radical (unpaired) electrons. The smallest absolute Gasteiger partial charge is 0.252 e. The van der Waals surface area contributed by atoms with Crippen LogP contribution in [0.1, 0.15) is 55.2 Å². The molecule has 0 spiro atoms. The molecule has 25 heavy (non-hydrogen) atoms. The predicted molar refractivity (Wildman–Crippen MR) is 98.5 cm³/mol. The molecule has 6 heteroatoms. The van der Waals surface area contributed by atoms with Crippen LogP contribution in [-0.4, -0.2) is 22.1 Å². The van der Waals surface area contributed by atoms with Crippen LogP contribution in [0.2, 0.25) is 0 Å². The number of amides is 1. The number of nitrogens with zero attached hydrogens (tertiary/aromatic N) is 2. The second kappa shape index (κ2) is 8.04. The van der Waals surface area contributed by atoms with Crippen molar-refractivity contribution < 1.29 is 9.32 Å². The number of benzene rings is 1. The van der Waals surface area contributed by atoms with Crippen molar-refractivity contribution in [2.45, 2.75) is 56.7 Å². The van der Waals surface area contributed by atoms with Gasteiger partial charge in [0.25, 0.3) is 5.91 Å². The largest absolute Gasteiger partial charge is 0.349 e. The topological polar surface area (TPSA) is 68.0 Å². The minimum Gasteiger partial charge on any atom is -0.349 e. The van der Waals surface area contributed by atoms with E-state index in [4.69, 9.17) is 4.52 Å². The van der Waals surface area contributed by atoms with Gasteiger partial charge < -0.3 is 9.84 Å². The first-order valence-electron chi connectivity index (χ1n) is 8.86. The SMILES string of the molecule is Cc1noc(CSc2ccccc2C(=O)NC2CCCC(C)C2C)n1. The van der Waals surface area contributed by atoms with Gasteiger partial charge in [0, 0.05) is 10.9 Å². The van der Waals surface area contributed by atoms with Gasteiger partial charge in [0.1, 0.15) is 0 Å². The fraction of sp³-hybridized carbons (Fsp3) is 0.526. The van der Waals surface area contributed by atoms with Gasteiger partial charge in [0.2, 0.25) is 5.89 Å². The molecule has 3 unspecified atom stereocenters. The maximum Gasteiger partial charge on any atom is 0.252 e. The molecule has 0 aliphatic heterocycles. The van der Waals surface area contributed by atoms with Gasteiger partial charge in [-0.05, 0) is 37.3 Å². The van der Waals surface area contributed by atoms with Crippen LogP contribution in [0.5, 0.6) is 0 Å². The lowest BCUT2D eigenvalue weighted by molar-refractivity contribution is 0.0888. The Hall–Kier alpha value is -1.82. The zero-order chi connectivity index (χ0) is 17.8. The molecule has 1 saturated carbocycles. The Kier molecular flexibility index (Phi) is 5.78. The summed E-state index contributed by atoms with van der Waals surface area (Å²) in [6.07, 6.45) is 3.50. The van der Waals surface area contributed by atoms with E-state index in [0.717, 1.165) is 11.3 Å². The summed E-state index contributed by atoms with van der Waals surface area (Å²) in [6.45, 7) is 6.32. The van der Waals surface area contributed by atoms with E-state index in [9.17, 15) is 4.79 Å². The van der Waals surface area contributed by atoms with Crippen molar-refractivity contribution in [1.82, 2.24) is 15.5 Å². The molecule has 1 aliphatic carbocycles. The number of aromatic nitrogens is 2. The van der Waals surface area contributed by atoms with E-state index in [1.54, 1.807) is 18.7 Å². The summed E-state index contributed by atoms with van der Waals surface area (Å²) in [7, 11) is 0. The third kappa shape index (κ3) is 4.42. The number of hydrogen-bond acceptors (Lipinski definition) is 5. The number of hydrogen-bond donors (Lipinski definition) is 1. The maximum atomic E-state index is 12.8. The molecule has 3 atom stereocenters. The van der Waals surface area contributed by atoms with Gasteiger partial charge >= 0.3 is 0 Å². The normalized spacial score (nSPS) is 23.4. The lowest BCUT2D eigenvalue weighted by atomic mass is 9.78. The summed E-state index contributed by atoms with van der Waals surface area (Å²) in [5.74, 6) is 2.94. The Morgan fingerprint density at radius 3 is 2.88 bits per heavy atom. The summed E-state index contributed by atoms with van der Waals surface area (Å²) >= 11 is 1.55. The zero-order valence-corrected chi connectivity index (χ0v) is 15.8. The Labute approximate surface area is 153 Å². The molecule has 1 heterocycles. The third-order valence-corrected chi connectivity index (χ3v) is 6.13. The van der Waals surface area contributed by atoms with Gasteiger partial charge in [-0.3, -0.25) is 4.79 Å². The van der Waals surface area contributed by atoms with Crippen molar-refractivity contribution >= 4 is 17.7 Å². The maximum absolute atomic E-state index is 12.8. The van der Waals surface area contributed by atoms with Gasteiger partial charge in [0.15, 0.2) is 5.82 Å². The summed E-state index contributed by atoms with van der Waals surface area (Å²) in [4.78, 5) is 18.0. The Bertz CT molecular complexity index is 731. The summed E-state index contributed by atoms with van der Waals surface area (Å²) < 4.78 is 5.15. The number of aryl methyl sites for hydroxylation is 1. The molecular weight excluding hydrogens is 334 g/mol. The average Bonchev–Trinajstić information content (AvgIpc) is 3.03. The highest BCUT2D eigenvalue weighted by atomic mass is 32.2. The molecule has 0 bridgehead atoms. The second-order valence-corrected chi connectivity index (χ2v) is 7.88. The van der Waals surface area contributed by atoms with Gasteiger partial charge in [-0.2, -0.15) is 4.98 Å². The zero-order valence-electron chi connectivity index (χ0n) is 15.0. The standard InChI is InChI=1S/C19H25N3O2S/c1-12-7-6-9-16(13(12)2)21-19(23)15-8-4-5-10-17(15)25-11-18-20-14(3)22-24-18/h4-5,8,10,12-13,16H,6-7,9,11H2,1-3H3,(H,21,23). The molecule has 0 saturated heterocycles. The van der Waals surface area contributed by atoms with E-state index < -0.39 is 0 Å². The lowest BCUT2D eigenvalue weighted by Crippen LogP contribution is -2.43. The fourth-order valence-electron chi connectivity index (χ4n) is 3.35. The van der Waals surface area contributed by atoms with E-state index in [2.05, 4.69) is 29.3 Å². The first-order valence-corrected chi connectivity index (χ1v) is 9.85. The number of rotatable bonds is 5. The van der Waals surface area contributed by atoms with Gasteiger partial charge in [0.05, 0.1) is 11.3 Å². The quantitative estimate of drug-likeness (QED) is 0.809. The van der Waals surface area contributed by atoms with Crippen molar-refractivity contribution in [3.05, 3.63) is 41.5 Å². The van der Waals surface area contributed by atoms with E-state index in [1.165, 1.54) is 12.8 Å². The van der Waals surface area contributed by atoms with Crippen molar-refractivity contribution in [3.63, 3.8) is 0 Å². The van der Waals surface area contributed by atoms with E-state index in [-0.39, 0.29) is 11.9 Å². The van der Waals surface area contributed by atoms with Crippen molar-refractivity contribution in [1.29, 1.82) is 0 Å². The molecule has 2 aromatic rings. The predicted octanol–water partition coefficient (Wildman–Crippen LogP) is 4.22. The van der Waals surface area contributed by atoms with Gasteiger partial charge in [-0.25, -0.2) is 0 Å². The number of nitrogens with one attached hydrogen (secondary N) is 1. The van der Waals surface area contributed by atoms with E-state index in [0.29, 0.717) is 34.9 Å². The van der Waals surface area contributed by atoms with Crippen molar-refractivity contribution in [2.24, 2.45) is 11.8 Å². The number of carbonyl (C=O) groups excluding carboxylic acids is 1. The Morgan fingerprint density at radius 1 is 1.32 bits per heavy atom. The molecule has 1 N–H and O–H groups in total. The van der Waals surface area contributed by atoms with Gasteiger partial charge in [-0.1, -0.05) is 44.0 Å². The Balaban J connectivity index is 1.68. The first-order chi connectivity index (χ1) is 12.0. The van der Waals surface area contributed by atoms with E-state index in [1.807, 2.05) is 24.3 Å². The highest BCUT2D eigenvalue weighted by Gasteiger charge is 2.28. The first kappa shape index (κ1) is 18.0. The Morgan fingerprint density at radius 2 is 2.12 bits per heavy atom. The number of thioether (sulfide) groups is 1. The average molecular weight is 359 g/mol. The monoisotopic (exact) mass is 359 g/mol. The minimum absolute atomic E-state index is 0.00996. The van der Waals surface area contributed by atoms with E-state index >= 15 is 0 Å². The fourth-order valence-corrected chi connectivity index (χ4v) is 4.24. The molecule has 5 nitrogen and oxygen atoms in total. The summed E-state index contributed by atoms with van der Waals surface area (Å²) in [5, 5.41) is 7.05. The second-order valence-electron chi connectivity index (χ2n) is 6.87. The van der Waals surface area contributed by atoms with Crippen LogP contribution >= 0.6 is 11.8 Å². The van der Waals surface area contributed by atoms with Crippen molar-refractivity contribution in [3.8, 4) is 0 Å². The van der Waals surface area contributed by atoms with Crippen molar-refractivity contribution in [2.75, 3.05) is 0 Å². The van der Waals surface area contributed by atoms with Crippen LogP contribution in [0.3, 0.4) is 0 Å². The van der Waals surface area contributed by atoms with Crippen LogP contribution in [0, 0.1) is 18.8 Å². The molecule has 1 aromatic heterocycles. The molecule has 1 aliphatic rings. The van der Waals surface area contributed by atoms with Crippen LogP contribution in [-0.2, 0) is 5.75 Å². The molecule has 3 rings (SSSR count). The number of carbonyl (C=O) groups is 1. The van der Waals surface area contributed by atoms with Crippen LogP contribution < -0.4 is 5.32 Å². The van der Waals surface area contributed by atoms with Crippen LogP contribution in [0.15, 0.2) is 33.7 Å². The summed E-state index contributed by atoms with van der Waals surface area (Å²) in [5.41, 5.74) is 0.717. The molecule has 1 aromatic carbocycles. The molecule has 1 amide bonds. The molecular formula is C19H25N3O2S. The van der Waals surface area contributed by atoms with Crippen LogP contribution in [0.25, 0.3) is 0 Å². The van der Waals surface area contributed by atoms with Crippen LogP contribution in [0.4, 0.5) is 0 Å². The highest BCUT2D eigenvalue weighted by Crippen LogP contribution is 2.30. The molecule has 134 valence electrons. The third-order valence-electron chi connectivity index (χ3n) is 5.08.